The number of ether oxygens (including phenoxy) is 1. The van der Waals surface area contributed by atoms with Crippen molar-refractivity contribution in [2.24, 2.45) is 0 Å². The monoisotopic (exact) mass is 403 g/mol. The second-order valence-electron chi connectivity index (χ2n) is 4.95. The van der Waals surface area contributed by atoms with Crippen molar-refractivity contribution in [1.29, 1.82) is 0 Å². The van der Waals surface area contributed by atoms with E-state index in [0.29, 0.717) is 16.4 Å². The summed E-state index contributed by atoms with van der Waals surface area (Å²) in [5.41, 5.74) is 2.21. The summed E-state index contributed by atoms with van der Waals surface area (Å²) in [6, 6.07) is 10.9. The molecule has 5 nitrogen and oxygen atoms in total. The lowest BCUT2D eigenvalue weighted by Crippen LogP contribution is -2.11. The van der Waals surface area contributed by atoms with Crippen molar-refractivity contribution in [2.75, 3.05) is 12.4 Å². The number of anilines is 1. The first-order valence-corrected chi connectivity index (χ1v) is 8.73. The number of amides is 1. The van der Waals surface area contributed by atoms with E-state index >= 15 is 0 Å². The number of aromatic nitrogens is 2. The molecule has 0 saturated carbocycles. The Hall–Kier alpha value is -2.25. The van der Waals surface area contributed by atoms with Gasteiger partial charge in [-0.2, -0.15) is 0 Å². The van der Waals surface area contributed by atoms with Gasteiger partial charge in [0.05, 0.1) is 27.8 Å². The normalized spacial score (nSPS) is 10.5. The van der Waals surface area contributed by atoms with Gasteiger partial charge >= 0.3 is 0 Å². The molecule has 0 radical (unpaired) electrons. The number of halogens is 1. The van der Waals surface area contributed by atoms with Crippen molar-refractivity contribution >= 4 is 38.3 Å². The maximum Gasteiger partial charge on any atom is 0.257 e. The number of thiazole rings is 1. The summed E-state index contributed by atoms with van der Waals surface area (Å²) in [4.78, 5) is 22.1. The Kier molecular flexibility index (Phi) is 4.92. The minimum Gasteiger partial charge on any atom is -0.496 e. The molecule has 0 fully saturated rings. The molecule has 7 heteroatoms. The first-order valence-electron chi connectivity index (χ1n) is 7.12. The molecular weight excluding hydrogens is 390 g/mol. The molecule has 0 atom stereocenters. The lowest BCUT2D eigenvalue weighted by Gasteiger charge is -2.06. The zero-order chi connectivity index (χ0) is 17.1. The molecule has 0 spiro atoms. The maximum atomic E-state index is 12.4. The standard InChI is InChI=1S/C17H14BrN3O2S/c1-10-15(13-5-3-4-8-19-13)24-17(20-10)21-16(22)11-6-7-14(23-2)12(18)9-11/h3-9H,1-2H3,(H,20,21,22). The van der Waals surface area contributed by atoms with Crippen LogP contribution in [0.25, 0.3) is 10.6 Å². The van der Waals surface area contributed by atoms with Gasteiger partial charge in [-0.1, -0.05) is 17.4 Å². The highest BCUT2D eigenvalue weighted by Gasteiger charge is 2.14. The molecule has 24 heavy (non-hydrogen) atoms. The van der Waals surface area contributed by atoms with Gasteiger partial charge in [-0.3, -0.25) is 15.1 Å². The van der Waals surface area contributed by atoms with Gasteiger partial charge in [0.1, 0.15) is 5.75 Å². The molecule has 0 aliphatic carbocycles. The number of nitrogens with one attached hydrogen (secondary N) is 1. The average Bonchev–Trinajstić information content (AvgIpc) is 2.95. The van der Waals surface area contributed by atoms with E-state index in [4.69, 9.17) is 4.74 Å². The molecule has 0 bridgehead atoms. The number of aryl methyl sites for hydroxylation is 1. The number of methoxy groups -OCH3 is 1. The van der Waals surface area contributed by atoms with Crippen LogP contribution in [0, 0.1) is 6.92 Å². The maximum absolute atomic E-state index is 12.4. The Morgan fingerprint density at radius 3 is 2.79 bits per heavy atom. The van der Waals surface area contributed by atoms with Crippen molar-refractivity contribution in [3.8, 4) is 16.3 Å². The van der Waals surface area contributed by atoms with E-state index in [2.05, 4.69) is 31.2 Å². The molecular formula is C17H14BrN3O2S. The van der Waals surface area contributed by atoms with Crippen LogP contribution in [0.5, 0.6) is 5.75 Å². The van der Waals surface area contributed by atoms with Gasteiger partial charge in [0.15, 0.2) is 5.13 Å². The van der Waals surface area contributed by atoms with E-state index in [1.54, 1.807) is 31.5 Å². The lowest BCUT2D eigenvalue weighted by atomic mass is 10.2. The quantitative estimate of drug-likeness (QED) is 0.694. The smallest absolute Gasteiger partial charge is 0.257 e. The van der Waals surface area contributed by atoms with Crippen LogP contribution in [0.2, 0.25) is 0 Å². The van der Waals surface area contributed by atoms with Crippen LogP contribution in [0.3, 0.4) is 0 Å². The van der Waals surface area contributed by atoms with E-state index < -0.39 is 0 Å². The van der Waals surface area contributed by atoms with Crippen molar-refractivity contribution < 1.29 is 9.53 Å². The Labute approximate surface area is 151 Å². The number of hydrogen-bond donors (Lipinski definition) is 1. The number of carbonyl (C=O) groups excluding carboxylic acids is 1. The van der Waals surface area contributed by atoms with Crippen LogP contribution in [0.1, 0.15) is 16.1 Å². The van der Waals surface area contributed by atoms with Crippen LogP contribution in [-0.2, 0) is 0 Å². The number of pyridine rings is 1. The summed E-state index contributed by atoms with van der Waals surface area (Å²) in [7, 11) is 1.58. The molecule has 2 aromatic heterocycles. The van der Waals surface area contributed by atoms with Gasteiger partial charge < -0.3 is 4.74 Å². The molecule has 0 unspecified atom stereocenters. The lowest BCUT2D eigenvalue weighted by molar-refractivity contribution is 0.102. The van der Waals surface area contributed by atoms with Crippen molar-refractivity contribution in [1.82, 2.24) is 9.97 Å². The molecule has 1 amide bonds. The highest BCUT2D eigenvalue weighted by molar-refractivity contribution is 9.10. The van der Waals surface area contributed by atoms with Crippen LogP contribution < -0.4 is 10.1 Å². The van der Waals surface area contributed by atoms with Gasteiger partial charge in [-0.25, -0.2) is 4.98 Å². The molecule has 1 N–H and O–H groups in total. The predicted molar refractivity (Wildman–Crippen MR) is 98.7 cm³/mol. The number of rotatable bonds is 4. The minimum atomic E-state index is -0.223. The van der Waals surface area contributed by atoms with E-state index in [1.807, 2.05) is 25.1 Å². The van der Waals surface area contributed by atoms with Crippen molar-refractivity contribution in [3.63, 3.8) is 0 Å². The van der Waals surface area contributed by atoms with Gasteiger partial charge in [0.2, 0.25) is 0 Å². The summed E-state index contributed by atoms with van der Waals surface area (Å²) in [6.45, 7) is 1.90. The number of nitrogens with zero attached hydrogens (tertiary/aromatic N) is 2. The largest absolute Gasteiger partial charge is 0.496 e. The SMILES string of the molecule is COc1ccc(C(=O)Nc2nc(C)c(-c3ccccn3)s2)cc1Br. The first kappa shape index (κ1) is 16.6. The molecule has 0 saturated heterocycles. The summed E-state index contributed by atoms with van der Waals surface area (Å²) >= 11 is 4.79. The fraction of sp³-hybridized carbons (Fsp3) is 0.118. The highest BCUT2D eigenvalue weighted by atomic mass is 79.9. The molecule has 3 aromatic rings. The zero-order valence-electron chi connectivity index (χ0n) is 13.0. The number of benzene rings is 1. The highest BCUT2D eigenvalue weighted by Crippen LogP contribution is 2.32. The Morgan fingerprint density at radius 2 is 2.12 bits per heavy atom. The fourth-order valence-corrected chi connectivity index (χ4v) is 3.64. The van der Waals surface area contributed by atoms with Gasteiger partial charge in [0, 0.05) is 11.8 Å². The molecule has 1 aromatic carbocycles. The van der Waals surface area contributed by atoms with E-state index in [0.717, 1.165) is 20.7 Å². The minimum absolute atomic E-state index is 0.223. The summed E-state index contributed by atoms with van der Waals surface area (Å²) < 4.78 is 5.89. The second kappa shape index (κ2) is 7.11. The van der Waals surface area contributed by atoms with Crippen molar-refractivity contribution in [3.05, 3.63) is 58.3 Å². The van der Waals surface area contributed by atoms with E-state index in [1.165, 1.54) is 11.3 Å². The molecule has 0 aliphatic rings. The summed E-state index contributed by atoms with van der Waals surface area (Å²) in [5.74, 6) is 0.453. The Balaban J connectivity index is 1.81. The van der Waals surface area contributed by atoms with Gasteiger partial charge in [-0.15, -0.1) is 0 Å². The molecule has 122 valence electrons. The molecule has 3 rings (SSSR count). The third-order valence-corrected chi connectivity index (χ3v) is 5.04. The molecule has 2 heterocycles. The van der Waals surface area contributed by atoms with Crippen LogP contribution in [0.4, 0.5) is 5.13 Å². The van der Waals surface area contributed by atoms with E-state index in [9.17, 15) is 4.79 Å². The Bertz CT molecular complexity index is 881. The second-order valence-corrected chi connectivity index (χ2v) is 6.81. The van der Waals surface area contributed by atoms with Gasteiger partial charge in [-0.05, 0) is 53.2 Å². The van der Waals surface area contributed by atoms with Crippen LogP contribution >= 0.6 is 27.3 Å². The van der Waals surface area contributed by atoms with Crippen molar-refractivity contribution in [2.45, 2.75) is 6.92 Å². The Morgan fingerprint density at radius 1 is 1.29 bits per heavy atom. The summed E-state index contributed by atoms with van der Waals surface area (Å²) in [6.07, 6.45) is 1.74. The van der Waals surface area contributed by atoms with E-state index in [-0.39, 0.29) is 5.91 Å². The third kappa shape index (κ3) is 3.47. The van der Waals surface area contributed by atoms with Gasteiger partial charge in [0.25, 0.3) is 5.91 Å². The van der Waals surface area contributed by atoms with Crippen LogP contribution in [0.15, 0.2) is 47.1 Å². The predicted octanol–water partition coefficient (Wildman–Crippen LogP) is 4.54. The van der Waals surface area contributed by atoms with Crippen LogP contribution in [-0.4, -0.2) is 23.0 Å². The third-order valence-electron chi connectivity index (χ3n) is 3.33. The fourth-order valence-electron chi connectivity index (χ4n) is 2.16. The average molecular weight is 404 g/mol. The first-order chi connectivity index (χ1) is 11.6. The topological polar surface area (TPSA) is 64.1 Å². The molecule has 0 aliphatic heterocycles. The zero-order valence-corrected chi connectivity index (χ0v) is 15.4. The number of hydrogen-bond acceptors (Lipinski definition) is 5. The number of carbonyl (C=O) groups is 1. The summed E-state index contributed by atoms with van der Waals surface area (Å²) in [5, 5.41) is 3.38.